The Balaban J connectivity index is 2.01. The van der Waals surface area contributed by atoms with Crippen LogP contribution in [0.25, 0.3) is 0 Å². The Kier molecular flexibility index (Phi) is 4.98. The number of nitro groups is 1. The lowest BCUT2D eigenvalue weighted by Crippen LogP contribution is -2.30. The average Bonchev–Trinajstić information content (AvgIpc) is 2.91. The van der Waals surface area contributed by atoms with Gasteiger partial charge in [0.25, 0.3) is 11.6 Å². The zero-order chi connectivity index (χ0) is 17.9. The molecule has 0 fully saturated rings. The Bertz CT molecular complexity index is 780. The lowest BCUT2D eigenvalue weighted by atomic mass is 10.2. The molecule has 0 aliphatic rings. The first kappa shape index (κ1) is 17.2. The molecule has 0 aliphatic heterocycles. The van der Waals surface area contributed by atoms with E-state index in [-0.39, 0.29) is 11.4 Å². The molecule has 126 valence electrons. The van der Waals surface area contributed by atoms with Crippen LogP contribution in [0.3, 0.4) is 0 Å². The standard InChI is InChI=1S/C16H17N3O5/c1-10-4-6-12(7-5-10)17-15(20)11(2)24-16(21)14-8-13(19(22)23)9-18(14)3/h4-9,11H,1-3H3,(H,17,20). The maximum Gasteiger partial charge on any atom is 0.355 e. The van der Waals surface area contributed by atoms with Gasteiger partial charge in [0.2, 0.25) is 0 Å². The summed E-state index contributed by atoms with van der Waals surface area (Å²) in [5.41, 5.74) is 1.42. The molecule has 2 aromatic rings. The first-order chi connectivity index (χ1) is 11.3. The lowest BCUT2D eigenvalue weighted by molar-refractivity contribution is -0.384. The van der Waals surface area contributed by atoms with Crippen LogP contribution in [0.15, 0.2) is 36.5 Å². The molecule has 0 aliphatic carbocycles. The summed E-state index contributed by atoms with van der Waals surface area (Å²) in [4.78, 5) is 34.2. The van der Waals surface area contributed by atoms with Gasteiger partial charge in [0.15, 0.2) is 6.10 Å². The molecule has 1 amide bonds. The van der Waals surface area contributed by atoms with Gasteiger partial charge < -0.3 is 14.6 Å². The summed E-state index contributed by atoms with van der Waals surface area (Å²) >= 11 is 0. The van der Waals surface area contributed by atoms with Gasteiger partial charge >= 0.3 is 5.97 Å². The van der Waals surface area contributed by atoms with E-state index in [2.05, 4.69) is 5.32 Å². The number of amides is 1. The first-order valence-corrected chi connectivity index (χ1v) is 7.17. The fourth-order valence-electron chi connectivity index (χ4n) is 2.01. The number of esters is 1. The van der Waals surface area contributed by atoms with Crippen molar-refractivity contribution >= 4 is 23.3 Å². The summed E-state index contributed by atoms with van der Waals surface area (Å²) < 4.78 is 6.36. The van der Waals surface area contributed by atoms with Crippen LogP contribution in [-0.2, 0) is 16.6 Å². The minimum absolute atomic E-state index is 0.00307. The van der Waals surface area contributed by atoms with Crippen molar-refractivity contribution in [2.45, 2.75) is 20.0 Å². The Morgan fingerprint density at radius 3 is 2.46 bits per heavy atom. The second-order valence-electron chi connectivity index (χ2n) is 5.35. The highest BCUT2D eigenvalue weighted by Gasteiger charge is 2.23. The van der Waals surface area contributed by atoms with E-state index in [1.54, 1.807) is 12.1 Å². The molecule has 8 nitrogen and oxygen atoms in total. The summed E-state index contributed by atoms with van der Waals surface area (Å²) in [7, 11) is 1.49. The monoisotopic (exact) mass is 331 g/mol. The van der Waals surface area contributed by atoms with E-state index < -0.39 is 22.9 Å². The summed E-state index contributed by atoms with van der Waals surface area (Å²) in [6, 6.07) is 8.27. The van der Waals surface area contributed by atoms with Crippen LogP contribution in [0.4, 0.5) is 11.4 Å². The predicted octanol–water partition coefficient (Wildman–Crippen LogP) is 2.43. The molecule has 0 radical (unpaired) electrons. The Morgan fingerprint density at radius 1 is 1.29 bits per heavy atom. The maximum absolute atomic E-state index is 12.1. The summed E-state index contributed by atoms with van der Waals surface area (Å²) in [5, 5.41) is 13.4. The molecule has 0 bridgehead atoms. The zero-order valence-corrected chi connectivity index (χ0v) is 13.5. The highest BCUT2D eigenvalue weighted by Crippen LogP contribution is 2.17. The van der Waals surface area contributed by atoms with Crippen molar-refractivity contribution in [3.8, 4) is 0 Å². The summed E-state index contributed by atoms with van der Waals surface area (Å²) in [6.07, 6.45) is 0.154. The number of hydrogen-bond acceptors (Lipinski definition) is 5. The van der Waals surface area contributed by atoms with E-state index in [0.29, 0.717) is 5.69 Å². The number of ether oxygens (including phenoxy) is 1. The zero-order valence-electron chi connectivity index (χ0n) is 13.5. The number of nitrogens with one attached hydrogen (secondary N) is 1. The van der Waals surface area contributed by atoms with Crippen LogP contribution < -0.4 is 5.32 Å². The summed E-state index contributed by atoms with van der Waals surface area (Å²) in [5.74, 6) is -1.30. The largest absolute Gasteiger partial charge is 0.448 e. The second kappa shape index (κ2) is 6.95. The van der Waals surface area contributed by atoms with Gasteiger partial charge in [-0.05, 0) is 26.0 Å². The highest BCUT2D eigenvalue weighted by atomic mass is 16.6. The Morgan fingerprint density at radius 2 is 1.92 bits per heavy atom. The van der Waals surface area contributed by atoms with Gasteiger partial charge in [-0.15, -0.1) is 0 Å². The van der Waals surface area contributed by atoms with Crippen LogP contribution in [0.1, 0.15) is 23.0 Å². The highest BCUT2D eigenvalue weighted by molar-refractivity contribution is 5.97. The van der Waals surface area contributed by atoms with E-state index in [1.165, 1.54) is 24.7 Å². The molecule has 0 saturated carbocycles. The minimum Gasteiger partial charge on any atom is -0.448 e. The number of hydrogen-bond donors (Lipinski definition) is 1. The number of anilines is 1. The van der Waals surface area contributed by atoms with Crippen LogP contribution in [-0.4, -0.2) is 27.5 Å². The van der Waals surface area contributed by atoms with Gasteiger partial charge in [-0.25, -0.2) is 4.79 Å². The molecule has 1 atom stereocenters. The minimum atomic E-state index is -1.05. The fraction of sp³-hybridized carbons (Fsp3) is 0.250. The SMILES string of the molecule is Cc1ccc(NC(=O)C(C)OC(=O)c2cc([N+](=O)[O-])cn2C)cc1. The molecule has 1 N–H and O–H groups in total. The van der Waals surface area contributed by atoms with E-state index in [9.17, 15) is 19.7 Å². The van der Waals surface area contributed by atoms with E-state index in [0.717, 1.165) is 11.6 Å². The van der Waals surface area contributed by atoms with E-state index in [4.69, 9.17) is 4.74 Å². The Hall–Kier alpha value is -3.16. The lowest BCUT2D eigenvalue weighted by Gasteiger charge is -2.13. The Labute approximate surface area is 138 Å². The maximum atomic E-state index is 12.1. The van der Waals surface area contributed by atoms with Crippen LogP contribution in [0.5, 0.6) is 0 Å². The van der Waals surface area contributed by atoms with Crippen molar-refractivity contribution in [3.63, 3.8) is 0 Å². The molecular weight excluding hydrogens is 314 g/mol. The molecule has 8 heteroatoms. The van der Waals surface area contributed by atoms with E-state index in [1.807, 2.05) is 19.1 Å². The van der Waals surface area contributed by atoms with Crippen molar-refractivity contribution in [2.24, 2.45) is 7.05 Å². The van der Waals surface area contributed by atoms with Crippen LogP contribution >= 0.6 is 0 Å². The van der Waals surface area contributed by atoms with Gasteiger partial charge in [0.1, 0.15) is 5.69 Å². The van der Waals surface area contributed by atoms with Crippen molar-refractivity contribution in [1.82, 2.24) is 4.57 Å². The third-order valence-corrected chi connectivity index (χ3v) is 3.38. The van der Waals surface area contributed by atoms with Gasteiger partial charge in [-0.2, -0.15) is 0 Å². The number of carbonyl (C=O) groups is 2. The van der Waals surface area contributed by atoms with Gasteiger partial charge in [-0.1, -0.05) is 17.7 Å². The molecule has 1 aromatic heterocycles. The number of aromatic nitrogens is 1. The molecule has 1 unspecified atom stereocenters. The average molecular weight is 331 g/mol. The van der Waals surface area contributed by atoms with Crippen molar-refractivity contribution in [3.05, 3.63) is 57.9 Å². The van der Waals surface area contributed by atoms with Crippen molar-refractivity contribution in [2.75, 3.05) is 5.32 Å². The predicted molar refractivity (Wildman–Crippen MR) is 86.8 cm³/mol. The third-order valence-electron chi connectivity index (χ3n) is 3.38. The number of carbonyl (C=O) groups excluding carboxylic acids is 2. The number of nitrogens with zero attached hydrogens (tertiary/aromatic N) is 2. The smallest absolute Gasteiger partial charge is 0.355 e. The quantitative estimate of drug-likeness (QED) is 0.515. The molecule has 24 heavy (non-hydrogen) atoms. The molecule has 0 spiro atoms. The molecule has 2 rings (SSSR count). The fourth-order valence-corrected chi connectivity index (χ4v) is 2.01. The number of rotatable bonds is 5. The molecule has 1 aromatic carbocycles. The normalized spacial score (nSPS) is 11.6. The number of aryl methyl sites for hydroxylation is 2. The van der Waals surface area contributed by atoms with Gasteiger partial charge in [-0.3, -0.25) is 14.9 Å². The molecule has 0 saturated heterocycles. The second-order valence-corrected chi connectivity index (χ2v) is 5.35. The van der Waals surface area contributed by atoms with Crippen molar-refractivity contribution in [1.29, 1.82) is 0 Å². The summed E-state index contributed by atoms with van der Waals surface area (Å²) in [6.45, 7) is 3.35. The van der Waals surface area contributed by atoms with Crippen LogP contribution in [0, 0.1) is 17.0 Å². The van der Waals surface area contributed by atoms with E-state index >= 15 is 0 Å². The first-order valence-electron chi connectivity index (χ1n) is 7.17. The molecule has 1 heterocycles. The third kappa shape index (κ3) is 3.97. The topological polar surface area (TPSA) is 103 Å². The van der Waals surface area contributed by atoms with Crippen LogP contribution in [0.2, 0.25) is 0 Å². The van der Waals surface area contributed by atoms with Crippen molar-refractivity contribution < 1.29 is 19.2 Å². The number of benzene rings is 1. The van der Waals surface area contributed by atoms with Gasteiger partial charge in [0, 0.05) is 18.8 Å². The molecular formula is C16H17N3O5. The van der Waals surface area contributed by atoms with Gasteiger partial charge in [0.05, 0.1) is 11.1 Å².